The van der Waals surface area contributed by atoms with Gasteiger partial charge in [0.2, 0.25) is 5.91 Å². The smallest absolute Gasteiger partial charge is 0.222 e. The van der Waals surface area contributed by atoms with Gasteiger partial charge in [0.15, 0.2) is 5.82 Å². The van der Waals surface area contributed by atoms with E-state index in [2.05, 4.69) is 17.9 Å². The summed E-state index contributed by atoms with van der Waals surface area (Å²) in [5.74, 6) is 1.34. The van der Waals surface area contributed by atoms with Crippen LogP contribution in [0.1, 0.15) is 31.9 Å². The van der Waals surface area contributed by atoms with Gasteiger partial charge in [0.25, 0.3) is 0 Å². The van der Waals surface area contributed by atoms with Gasteiger partial charge in [0.1, 0.15) is 5.82 Å². The lowest BCUT2D eigenvalue weighted by Crippen LogP contribution is -2.41. The summed E-state index contributed by atoms with van der Waals surface area (Å²) in [5, 5.41) is 0. The minimum atomic E-state index is -0.217. The summed E-state index contributed by atoms with van der Waals surface area (Å²) in [6.07, 6.45) is 3.78. The van der Waals surface area contributed by atoms with Gasteiger partial charge in [-0.05, 0) is 19.3 Å². The average Bonchev–Trinajstić information content (AvgIpc) is 2.62. The van der Waals surface area contributed by atoms with E-state index in [9.17, 15) is 4.79 Å². The van der Waals surface area contributed by atoms with Crippen LogP contribution in [0.5, 0.6) is 0 Å². The molecule has 2 N–H and O–H groups in total. The van der Waals surface area contributed by atoms with E-state index in [1.807, 2.05) is 30.3 Å². The zero-order valence-corrected chi connectivity index (χ0v) is 14.1. The zero-order chi connectivity index (χ0) is 16.9. The molecule has 0 spiro atoms. The van der Waals surface area contributed by atoms with Gasteiger partial charge in [-0.15, -0.1) is 0 Å². The van der Waals surface area contributed by atoms with Crippen LogP contribution in [0.25, 0.3) is 11.4 Å². The molecule has 5 nitrogen and oxygen atoms in total. The Morgan fingerprint density at radius 2 is 2.08 bits per heavy atom. The molecule has 0 radical (unpaired) electrons. The Bertz CT molecular complexity index is 702. The van der Waals surface area contributed by atoms with Gasteiger partial charge in [-0.25, -0.2) is 9.97 Å². The van der Waals surface area contributed by atoms with E-state index in [4.69, 9.17) is 15.7 Å². The molecule has 24 heavy (non-hydrogen) atoms. The summed E-state index contributed by atoms with van der Waals surface area (Å²) < 4.78 is 0. The second kappa shape index (κ2) is 7.43. The molecular formula is C19H24N4O. The standard InChI is InChI=1S/C19H24N4O/c1-2-7-16-12-17(23-11-6-10-15(13-23)18(20)24)22-19(21-16)14-8-4-3-5-9-14/h3-5,8-9,12,15H,2,6-7,10-11,13H2,1H3,(H2,20,24). The van der Waals surface area contributed by atoms with Crippen molar-refractivity contribution in [2.24, 2.45) is 11.7 Å². The van der Waals surface area contributed by atoms with Gasteiger partial charge in [0, 0.05) is 30.4 Å². The first-order valence-corrected chi connectivity index (χ1v) is 8.65. The number of hydrogen-bond donors (Lipinski definition) is 1. The molecule has 1 atom stereocenters. The number of aryl methyl sites for hydroxylation is 1. The molecule has 1 saturated heterocycles. The number of hydrogen-bond acceptors (Lipinski definition) is 4. The molecule has 0 saturated carbocycles. The third kappa shape index (κ3) is 3.72. The minimum absolute atomic E-state index is 0.0940. The van der Waals surface area contributed by atoms with Gasteiger partial charge in [0.05, 0.1) is 5.92 Å². The second-order valence-corrected chi connectivity index (χ2v) is 6.34. The highest BCUT2D eigenvalue weighted by Gasteiger charge is 2.25. The van der Waals surface area contributed by atoms with Gasteiger partial charge >= 0.3 is 0 Å². The van der Waals surface area contributed by atoms with Gasteiger partial charge in [-0.2, -0.15) is 0 Å². The number of piperidine rings is 1. The van der Waals surface area contributed by atoms with Crippen LogP contribution in [0.15, 0.2) is 36.4 Å². The summed E-state index contributed by atoms with van der Waals surface area (Å²) >= 11 is 0. The number of nitrogens with zero attached hydrogens (tertiary/aromatic N) is 3. The topological polar surface area (TPSA) is 72.1 Å². The molecule has 0 aliphatic carbocycles. The first-order chi connectivity index (χ1) is 11.7. The largest absolute Gasteiger partial charge is 0.369 e. The van der Waals surface area contributed by atoms with Crippen LogP contribution in [-0.2, 0) is 11.2 Å². The number of benzene rings is 1. The van der Waals surface area contributed by atoms with E-state index in [0.717, 1.165) is 55.1 Å². The van der Waals surface area contributed by atoms with Gasteiger partial charge in [-0.3, -0.25) is 4.79 Å². The summed E-state index contributed by atoms with van der Waals surface area (Å²) in [5.41, 5.74) is 7.57. The molecule has 1 aliphatic rings. The van der Waals surface area contributed by atoms with Crippen LogP contribution < -0.4 is 10.6 Å². The quantitative estimate of drug-likeness (QED) is 0.918. The van der Waals surface area contributed by atoms with E-state index in [-0.39, 0.29) is 11.8 Å². The first-order valence-electron chi connectivity index (χ1n) is 8.65. The predicted molar refractivity (Wildman–Crippen MR) is 95.6 cm³/mol. The summed E-state index contributed by atoms with van der Waals surface area (Å²) in [7, 11) is 0. The minimum Gasteiger partial charge on any atom is -0.369 e. The van der Waals surface area contributed by atoms with Crippen LogP contribution in [-0.4, -0.2) is 29.0 Å². The maximum absolute atomic E-state index is 11.6. The van der Waals surface area contributed by atoms with Crippen molar-refractivity contribution < 1.29 is 4.79 Å². The van der Waals surface area contributed by atoms with Crippen LogP contribution >= 0.6 is 0 Å². The molecule has 1 aromatic heterocycles. The predicted octanol–water partition coefficient (Wildman–Crippen LogP) is 2.80. The van der Waals surface area contributed by atoms with E-state index in [1.165, 1.54) is 0 Å². The first kappa shape index (κ1) is 16.4. The molecule has 2 aromatic rings. The molecule has 2 heterocycles. The molecule has 1 fully saturated rings. The van der Waals surface area contributed by atoms with E-state index in [0.29, 0.717) is 6.54 Å². The number of anilines is 1. The highest BCUT2D eigenvalue weighted by Crippen LogP contribution is 2.25. The van der Waals surface area contributed by atoms with Crippen LogP contribution in [0.2, 0.25) is 0 Å². The average molecular weight is 324 g/mol. The normalized spacial score (nSPS) is 17.7. The Balaban J connectivity index is 1.94. The summed E-state index contributed by atoms with van der Waals surface area (Å²) in [6.45, 7) is 3.70. The Morgan fingerprint density at radius 3 is 2.79 bits per heavy atom. The van der Waals surface area contributed by atoms with Gasteiger partial charge in [-0.1, -0.05) is 43.7 Å². The molecule has 1 aromatic carbocycles. The SMILES string of the molecule is CCCc1cc(N2CCCC(C(N)=O)C2)nc(-c2ccccc2)n1. The number of rotatable bonds is 5. The Morgan fingerprint density at radius 1 is 1.29 bits per heavy atom. The lowest BCUT2D eigenvalue weighted by Gasteiger charge is -2.32. The van der Waals surface area contributed by atoms with Crippen LogP contribution in [0.4, 0.5) is 5.82 Å². The fraction of sp³-hybridized carbons (Fsp3) is 0.421. The van der Waals surface area contributed by atoms with E-state index in [1.54, 1.807) is 0 Å². The number of aromatic nitrogens is 2. The van der Waals surface area contributed by atoms with Crippen molar-refractivity contribution in [3.63, 3.8) is 0 Å². The van der Waals surface area contributed by atoms with E-state index < -0.39 is 0 Å². The third-order valence-corrected chi connectivity index (χ3v) is 4.45. The number of carbonyl (C=O) groups is 1. The molecule has 3 rings (SSSR count). The maximum Gasteiger partial charge on any atom is 0.222 e. The van der Waals surface area contributed by atoms with Crippen molar-refractivity contribution in [2.45, 2.75) is 32.6 Å². The van der Waals surface area contributed by atoms with Crippen molar-refractivity contribution in [2.75, 3.05) is 18.0 Å². The lowest BCUT2D eigenvalue weighted by molar-refractivity contribution is -0.122. The van der Waals surface area contributed by atoms with Crippen LogP contribution in [0, 0.1) is 5.92 Å². The Labute approximate surface area is 142 Å². The number of amides is 1. The zero-order valence-electron chi connectivity index (χ0n) is 14.1. The monoisotopic (exact) mass is 324 g/mol. The summed E-state index contributed by atoms with van der Waals surface area (Å²) in [4.78, 5) is 23.2. The number of primary amides is 1. The van der Waals surface area contributed by atoms with Crippen molar-refractivity contribution in [3.05, 3.63) is 42.1 Å². The molecule has 1 unspecified atom stereocenters. The van der Waals surface area contributed by atoms with Gasteiger partial charge < -0.3 is 10.6 Å². The molecule has 0 bridgehead atoms. The Kier molecular flexibility index (Phi) is 5.08. The lowest BCUT2D eigenvalue weighted by atomic mass is 9.97. The molecule has 126 valence electrons. The molecule has 1 aliphatic heterocycles. The van der Waals surface area contributed by atoms with Crippen molar-refractivity contribution >= 4 is 11.7 Å². The van der Waals surface area contributed by atoms with E-state index >= 15 is 0 Å². The molecule has 1 amide bonds. The highest BCUT2D eigenvalue weighted by molar-refractivity contribution is 5.77. The number of carbonyl (C=O) groups excluding carboxylic acids is 1. The molecule has 5 heteroatoms. The highest BCUT2D eigenvalue weighted by atomic mass is 16.1. The number of nitrogens with two attached hydrogens (primary N) is 1. The third-order valence-electron chi connectivity index (χ3n) is 4.45. The van der Waals surface area contributed by atoms with Crippen molar-refractivity contribution in [1.29, 1.82) is 0 Å². The second-order valence-electron chi connectivity index (χ2n) is 6.34. The summed E-state index contributed by atoms with van der Waals surface area (Å²) in [6, 6.07) is 12.1. The van der Waals surface area contributed by atoms with Crippen molar-refractivity contribution in [3.8, 4) is 11.4 Å². The van der Waals surface area contributed by atoms with Crippen LogP contribution in [0.3, 0.4) is 0 Å². The maximum atomic E-state index is 11.6. The Hall–Kier alpha value is -2.43. The molecular weight excluding hydrogens is 300 g/mol. The fourth-order valence-corrected chi connectivity index (χ4v) is 3.16. The fourth-order valence-electron chi connectivity index (χ4n) is 3.16. The van der Waals surface area contributed by atoms with Crippen molar-refractivity contribution in [1.82, 2.24) is 9.97 Å².